The first-order valence-electron chi connectivity index (χ1n) is 8.78. The highest BCUT2D eigenvalue weighted by Gasteiger charge is 2.23. The lowest BCUT2D eigenvalue weighted by Gasteiger charge is -2.17. The molecular formula is C18H24N4O3S. The van der Waals surface area contributed by atoms with Crippen LogP contribution in [0.1, 0.15) is 41.5 Å². The molecule has 1 saturated heterocycles. The zero-order chi connectivity index (χ0) is 18.7. The van der Waals surface area contributed by atoms with Gasteiger partial charge in [-0.15, -0.1) is 0 Å². The van der Waals surface area contributed by atoms with Crippen molar-refractivity contribution in [2.45, 2.75) is 44.0 Å². The normalized spacial score (nSPS) is 16.0. The minimum absolute atomic E-state index is 0.104. The van der Waals surface area contributed by atoms with Crippen molar-refractivity contribution in [3.05, 3.63) is 47.3 Å². The van der Waals surface area contributed by atoms with Gasteiger partial charge in [0.1, 0.15) is 0 Å². The molecule has 0 bridgehead atoms. The quantitative estimate of drug-likeness (QED) is 0.804. The lowest BCUT2D eigenvalue weighted by atomic mass is 10.2. The Hall–Kier alpha value is -2.19. The molecule has 2 N–H and O–H groups in total. The first-order chi connectivity index (χ1) is 12.3. The molecule has 0 saturated carbocycles. The number of hydrogen-bond donors (Lipinski definition) is 2. The van der Waals surface area contributed by atoms with Crippen molar-refractivity contribution in [1.82, 2.24) is 19.8 Å². The van der Waals surface area contributed by atoms with Crippen molar-refractivity contribution in [1.29, 1.82) is 0 Å². The standard InChI is InChI=1S/C18H24N4O3S/c1-13-10-16(20-19-13)11-14(2)21-26(24,25)17-7-5-6-15(12-17)18(23)22-8-3-4-9-22/h5-7,10,12,14,21H,3-4,8-9,11H2,1-2H3,(H,19,20)/t14-/m1/s1. The Morgan fingerprint density at radius 1 is 1.31 bits per heavy atom. The van der Waals surface area contributed by atoms with Gasteiger partial charge in [0.15, 0.2) is 0 Å². The lowest BCUT2D eigenvalue weighted by Crippen LogP contribution is -2.34. The number of nitrogens with zero attached hydrogens (tertiary/aromatic N) is 2. The van der Waals surface area contributed by atoms with Gasteiger partial charge in [-0.25, -0.2) is 13.1 Å². The van der Waals surface area contributed by atoms with Gasteiger partial charge in [-0.3, -0.25) is 9.89 Å². The number of amides is 1. The molecule has 26 heavy (non-hydrogen) atoms. The maximum absolute atomic E-state index is 12.7. The van der Waals surface area contributed by atoms with Crippen molar-refractivity contribution < 1.29 is 13.2 Å². The third-order valence-electron chi connectivity index (χ3n) is 4.42. The van der Waals surface area contributed by atoms with E-state index in [0.29, 0.717) is 12.0 Å². The Bertz CT molecular complexity index is 885. The minimum atomic E-state index is -3.71. The Morgan fingerprint density at radius 2 is 2.04 bits per heavy atom. The number of likely N-dealkylation sites (tertiary alicyclic amines) is 1. The maximum atomic E-state index is 12.7. The highest BCUT2D eigenvalue weighted by Crippen LogP contribution is 2.17. The number of nitrogens with one attached hydrogen (secondary N) is 2. The summed E-state index contributed by atoms with van der Waals surface area (Å²) < 4.78 is 28.0. The largest absolute Gasteiger partial charge is 0.339 e. The summed E-state index contributed by atoms with van der Waals surface area (Å²) in [5, 5.41) is 6.98. The summed E-state index contributed by atoms with van der Waals surface area (Å²) in [4.78, 5) is 14.4. The molecule has 8 heteroatoms. The van der Waals surface area contributed by atoms with Crippen LogP contribution in [0, 0.1) is 6.92 Å². The van der Waals surface area contributed by atoms with E-state index in [9.17, 15) is 13.2 Å². The maximum Gasteiger partial charge on any atom is 0.253 e. The summed E-state index contributed by atoms with van der Waals surface area (Å²) in [6, 6.07) is 7.80. The fourth-order valence-electron chi connectivity index (χ4n) is 3.17. The van der Waals surface area contributed by atoms with Crippen molar-refractivity contribution >= 4 is 15.9 Å². The predicted molar refractivity (Wildman–Crippen MR) is 98.4 cm³/mol. The number of rotatable bonds is 6. The molecule has 2 aromatic rings. The van der Waals surface area contributed by atoms with Gasteiger partial charge in [-0.2, -0.15) is 5.10 Å². The molecule has 1 aromatic heterocycles. The molecule has 1 fully saturated rings. The fraction of sp³-hybridized carbons (Fsp3) is 0.444. The van der Waals surface area contributed by atoms with E-state index in [1.807, 2.05) is 13.0 Å². The third kappa shape index (κ3) is 4.31. The molecule has 1 aromatic carbocycles. The summed E-state index contributed by atoms with van der Waals surface area (Å²) in [5.74, 6) is -0.111. The van der Waals surface area contributed by atoms with E-state index in [0.717, 1.165) is 37.3 Å². The van der Waals surface area contributed by atoms with Crippen LogP contribution in [-0.4, -0.2) is 48.6 Å². The summed E-state index contributed by atoms with van der Waals surface area (Å²) in [5.41, 5.74) is 2.14. The molecule has 0 radical (unpaired) electrons. The second-order valence-electron chi connectivity index (χ2n) is 6.80. The molecule has 3 rings (SSSR count). The molecule has 1 aliphatic heterocycles. The number of benzene rings is 1. The first kappa shape index (κ1) is 18.6. The van der Waals surface area contributed by atoms with Crippen LogP contribution in [0.25, 0.3) is 0 Å². The Labute approximate surface area is 153 Å². The molecular weight excluding hydrogens is 352 g/mol. The van der Waals surface area contributed by atoms with Gasteiger partial charge in [0.05, 0.1) is 10.6 Å². The van der Waals surface area contributed by atoms with Gasteiger partial charge in [-0.1, -0.05) is 6.07 Å². The third-order valence-corrected chi connectivity index (χ3v) is 6.00. The average Bonchev–Trinajstić information content (AvgIpc) is 3.25. The molecule has 0 spiro atoms. The highest BCUT2D eigenvalue weighted by molar-refractivity contribution is 7.89. The van der Waals surface area contributed by atoms with Gasteiger partial charge in [0, 0.05) is 36.8 Å². The van der Waals surface area contributed by atoms with E-state index in [-0.39, 0.29) is 16.8 Å². The summed E-state index contributed by atoms with van der Waals surface area (Å²) in [6.45, 7) is 5.15. The Balaban J connectivity index is 1.72. The minimum Gasteiger partial charge on any atom is -0.339 e. The highest BCUT2D eigenvalue weighted by atomic mass is 32.2. The number of sulfonamides is 1. The van der Waals surface area contributed by atoms with Gasteiger partial charge in [0.25, 0.3) is 5.91 Å². The van der Waals surface area contributed by atoms with Crippen LogP contribution in [-0.2, 0) is 16.4 Å². The van der Waals surface area contributed by atoms with Gasteiger partial charge >= 0.3 is 0 Å². The van der Waals surface area contributed by atoms with E-state index in [4.69, 9.17) is 0 Å². The summed E-state index contributed by atoms with van der Waals surface area (Å²) >= 11 is 0. The first-order valence-corrected chi connectivity index (χ1v) is 10.3. The van der Waals surface area contributed by atoms with Crippen LogP contribution < -0.4 is 4.72 Å². The molecule has 0 aliphatic carbocycles. The van der Waals surface area contributed by atoms with Crippen molar-refractivity contribution in [2.24, 2.45) is 0 Å². The molecule has 140 valence electrons. The average molecular weight is 376 g/mol. The van der Waals surface area contributed by atoms with Crippen LogP contribution in [0.3, 0.4) is 0 Å². The summed E-state index contributed by atoms with van der Waals surface area (Å²) in [7, 11) is -3.71. The zero-order valence-corrected chi connectivity index (χ0v) is 15.8. The number of aromatic nitrogens is 2. The Kier molecular flexibility index (Phi) is 5.43. The summed E-state index contributed by atoms with van der Waals surface area (Å²) in [6.07, 6.45) is 2.47. The topological polar surface area (TPSA) is 95.2 Å². The number of carbonyl (C=O) groups is 1. The molecule has 1 amide bonds. The van der Waals surface area contributed by atoms with Crippen molar-refractivity contribution in [3.8, 4) is 0 Å². The van der Waals surface area contributed by atoms with E-state index in [2.05, 4.69) is 14.9 Å². The van der Waals surface area contributed by atoms with E-state index in [1.165, 1.54) is 12.1 Å². The smallest absolute Gasteiger partial charge is 0.253 e. The van der Waals surface area contributed by atoms with Crippen LogP contribution in [0.4, 0.5) is 0 Å². The van der Waals surface area contributed by atoms with Crippen LogP contribution in [0.2, 0.25) is 0 Å². The fourth-order valence-corrected chi connectivity index (χ4v) is 4.46. The van der Waals surface area contributed by atoms with Crippen LogP contribution in [0.5, 0.6) is 0 Å². The molecule has 0 unspecified atom stereocenters. The van der Waals surface area contributed by atoms with E-state index < -0.39 is 10.0 Å². The number of H-pyrrole nitrogens is 1. The number of carbonyl (C=O) groups excluding carboxylic acids is 1. The van der Waals surface area contributed by atoms with Gasteiger partial charge in [-0.05, 0) is 51.0 Å². The molecule has 1 atom stereocenters. The number of aryl methyl sites for hydroxylation is 1. The van der Waals surface area contributed by atoms with Gasteiger partial charge < -0.3 is 4.90 Å². The monoisotopic (exact) mass is 376 g/mol. The van der Waals surface area contributed by atoms with Crippen molar-refractivity contribution in [3.63, 3.8) is 0 Å². The van der Waals surface area contributed by atoms with Crippen LogP contribution in [0.15, 0.2) is 35.2 Å². The number of hydrogen-bond acceptors (Lipinski definition) is 4. The lowest BCUT2D eigenvalue weighted by molar-refractivity contribution is 0.0792. The second-order valence-corrected chi connectivity index (χ2v) is 8.51. The zero-order valence-electron chi connectivity index (χ0n) is 15.0. The van der Waals surface area contributed by atoms with Crippen molar-refractivity contribution in [2.75, 3.05) is 13.1 Å². The molecule has 2 heterocycles. The predicted octanol–water partition coefficient (Wildman–Crippen LogP) is 1.86. The van der Waals surface area contributed by atoms with E-state index in [1.54, 1.807) is 24.0 Å². The molecule has 7 nitrogen and oxygen atoms in total. The van der Waals surface area contributed by atoms with Crippen LogP contribution >= 0.6 is 0 Å². The van der Waals surface area contributed by atoms with Gasteiger partial charge in [0.2, 0.25) is 10.0 Å². The Morgan fingerprint density at radius 3 is 2.69 bits per heavy atom. The van der Waals surface area contributed by atoms with E-state index >= 15 is 0 Å². The molecule has 1 aliphatic rings. The number of aromatic amines is 1. The SMILES string of the molecule is Cc1cc(C[C@@H](C)NS(=O)(=O)c2cccc(C(=O)N3CCCC3)c2)n[nH]1. The second kappa shape index (κ2) is 7.59.